The number of aliphatic imine (C=N–C) groups is 1. The first-order valence-corrected chi connectivity index (χ1v) is 7.09. The molecule has 112 valence electrons. The maximum atomic E-state index is 6.13. The van der Waals surface area contributed by atoms with Gasteiger partial charge >= 0.3 is 0 Å². The van der Waals surface area contributed by atoms with E-state index in [1.165, 1.54) is 0 Å². The van der Waals surface area contributed by atoms with E-state index in [0.29, 0.717) is 6.54 Å². The van der Waals surface area contributed by atoms with Crippen LogP contribution in [0.4, 0.5) is 0 Å². The summed E-state index contributed by atoms with van der Waals surface area (Å²) >= 11 is 6.13. The summed E-state index contributed by atoms with van der Waals surface area (Å²) < 4.78 is 1.87. The van der Waals surface area contributed by atoms with E-state index in [1.807, 2.05) is 35.9 Å². The molecule has 0 aliphatic carbocycles. The van der Waals surface area contributed by atoms with Crippen molar-refractivity contribution < 1.29 is 0 Å². The van der Waals surface area contributed by atoms with Crippen LogP contribution in [0.2, 0.25) is 5.02 Å². The fraction of sp³-hybridized carbons (Fsp3) is 0.357. The second-order valence-electron chi connectivity index (χ2n) is 4.55. The van der Waals surface area contributed by atoms with E-state index < -0.39 is 0 Å². The van der Waals surface area contributed by atoms with Crippen molar-refractivity contribution in [3.63, 3.8) is 0 Å². The molecule has 0 unspecified atom stereocenters. The summed E-state index contributed by atoms with van der Waals surface area (Å²) in [5.74, 6) is 1.58. The number of nitrogens with one attached hydrogen (secondary N) is 2. The first-order valence-electron chi connectivity index (χ1n) is 6.71. The molecule has 0 radical (unpaired) electrons. The molecule has 2 N–H and O–H groups in total. The molecule has 0 fully saturated rings. The van der Waals surface area contributed by atoms with Gasteiger partial charge in [-0.05, 0) is 18.1 Å². The number of aryl methyl sites for hydroxylation is 1. The minimum atomic E-state index is 0.572. The van der Waals surface area contributed by atoms with Crippen molar-refractivity contribution in [1.29, 1.82) is 0 Å². The lowest BCUT2D eigenvalue weighted by Gasteiger charge is -2.11. The molecule has 21 heavy (non-hydrogen) atoms. The molecular formula is C14H19ClN6. The lowest BCUT2D eigenvalue weighted by Crippen LogP contribution is -2.38. The van der Waals surface area contributed by atoms with Gasteiger partial charge in [0.1, 0.15) is 6.33 Å². The summed E-state index contributed by atoms with van der Waals surface area (Å²) in [4.78, 5) is 4.17. The van der Waals surface area contributed by atoms with Crippen molar-refractivity contribution >= 4 is 17.6 Å². The molecule has 7 heteroatoms. The molecule has 1 aromatic carbocycles. The Labute approximate surface area is 129 Å². The first-order chi connectivity index (χ1) is 10.2. The summed E-state index contributed by atoms with van der Waals surface area (Å²) in [5, 5.41) is 15.1. The van der Waals surface area contributed by atoms with E-state index >= 15 is 0 Å². The molecule has 1 aromatic heterocycles. The Kier molecular flexibility index (Phi) is 5.57. The SMILES string of the molecule is CN=C(NCCc1ccccc1Cl)NCc1nncn1C. The predicted octanol–water partition coefficient (Wildman–Crippen LogP) is 1.38. The fourth-order valence-corrected chi connectivity index (χ4v) is 2.10. The zero-order valence-electron chi connectivity index (χ0n) is 12.2. The number of halogens is 1. The van der Waals surface area contributed by atoms with Gasteiger partial charge in [0.15, 0.2) is 11.8 Å². The van der Waals surface area contributed by atoms with Crippen molar-refractivity contribution in [3.05, 3.63) is 47.0 Å². The molecule has 0 aliphatic heterocycles. The van der Waals surface area contributed by atoms with Gasteiger partial charge in [-0.15, -0.1) is 10.2 Å². The van der Waals surface area contributed by atoms with Crippen LogP contribution in [0.25, 0.3) is 0 Å². The third-order valence-corrected chi connectivity index (χ3v) is 3.46. The van der Waals surface area contributed by atoms with E-state index in [9.17, 15) is 0 Å². The number of benzene rings is 1. The smallest absolute Gasteiger partial charge is 0.191 e. The minimum absolute atomic E-state index is 0.572. The van der Waals surface area contributed by atoms with E-state index in [0.717, 1.165) is 35.3 Å². The summed E-state index contributed by atoms with van der Waals surface area (Å²) in [6.45, 7) is 1.32. The number of guanidine groups is 1. The molecule has 1 heterocycles. The van der Waals surface area contributed by atoms with Crippen LogP contribution in [0.3, 0.4) is 0 Å². The number of hydrogen-bond donors (Lipinski definition) is 2. The molecule has 2 rings (SSSR count). The molecule has 6 nitrogen and oxygen atoms in total. The van der Waals surface area contributed by atoms with Gasteiger partial charge in [0.2, 0.25) is 0 Å². The topological polar surface area (TPSA) is 67.1 Å². The Morgan fingerprint density at radius 3 is 2.81 bits per heavy atom. The van der Waals surface area contributed by atoms with Gasteiger partial charge in [0, 0.05) is 25.7 Å². The van der Waals surface area contributed by atoms with Crippen LogP contribution < -0.4 is 10.6 Å². The average molecular weight is 307 g/mol. The number of aromatic nitrogens is 3. The van der Waals surface area contributed by atoms with E-state index in [2.05, 4.69) is 25.8 Å². The molecule has 0 amide bonds. The van der Waals surface area contributed by atoms with Crippen molar-refractivity contribution in [3.8, 4) is 0 Å². The second-order valence-corrected chi connectivity index (χ2v) is 4.96. The van der Waals surface area contributed by atoms with Gasteiger partial charge < -0.3 is 15.2 Å². The number of nitrogens with zero attached hydrogens (tertiary/aromatic N) is 4. The zero-order valence-corrected chi connectivity index (χ0v) is 12.9. The van der Waals surface area contributed by atoms with Gasteiger partial charge in [0.05, 0.1) is 6.54 Å². The number of rotatable bonds is 5. The van der Waals surface area contributed by atoms with Crippen LogP contribution in [0.5, 0.6) is 0 Å². The average Bonchev–Trinajstić information content (AvgIpc) is 2.90. The molecular weight excluding hydrogens is 288 g/mol. The van der Waals surface area contributed by atoms with Crippen LogP contribution in [0.15, 0.2) is 35.6 Å². The summed E-state index contributed by atoms with van der Waals surface area (Å²) in [6, 6.07) is 7.85. The Morgan fingerprint density at radius 1 is 1.33 bits per heavy atom. The monoisotopic (exact) mass is 306 g/mol. The van der Waals surface area contributed by atoms with Crippen LogP contribution in [0.1, 0.15) is 11.4 Å². The molecule has 2 aromatic rings. The fourth-order valence-electron chi connectivity index (χ4n) is 1.87. The second kappa shape index (κ2) is 7.64. The van der Waals surface area contributed by atoms with Gasteiger partial charge in [-0.25, -0.2) is 0 Å². The Balaban J connectivity index is 1.78. The van der Waals surface area contributed by atoms with Crippen LogP contribution in [-0.2, 0) is 20.0 Å². The molecule has 0 saturated carbocycles. The standard InChI is InChI=1S/C14H19ClN6/c1-16-14(18-9-13-20-19-10-21(13)2)17-8-7-11-5-3-4-6-12(11)15/h3-6,10H,7-9H2,1-2H3,(H2,16,17,18). The minimum Gasteiger partial charge on any atom is -0.356 e. The molecule has 0 saturated heterocycles. The van der Waals surface area contributed by atoms with E-state index in [-0.39, 0.29) is 0 Å². The van der Waals surface area contributed by atoms with Crippen molar-refractivity contribution in [2.45, 2.75) is 13.0 Å². The lowest BCUT2D eigenvalue weighted by atomic mass is 10.1. The largest absolute Gasteiger partial charge is 0.356 e. The highest BCUT2D eigenvalue weighted by molar-refractivity contribution is 6.31. The first kappa shape index (κ1) is 15.3. The summed E-state index contributed by atoms with van der Waals surface area (Å²) in [5.41, 5.74) is 1.12. The Hall–Kier alpha value is -2.08. The Morgan fingerprint density at radius 2 is 2.14 bits per heavy atom. The zero-order chi connectivity index (χ0) is 15.1. The molecule has 0 spiro atoms. The maximum absolute atomic E-state index is 6.13. The third-order valence-electron chi connectivity index (χ3n) is 3.09. The van der Waals surface area contributed by atoms with Gasteiger partial charge in [0.25, 0.3) is 0 Å². The lowest BCUT2D eigenvalue weighted by molar-refractivity contribution is 0.723. The van der Waals surface area contributed by atoms with E-state index in [1.54, 1.807) is 13.4 Å². The van der Waals surface area contributed by atoms with Crippen LogP contribution in [-0.4, -0.2) is 34.3 Å². The van der Waals surface area contributed by atoms with Crippen molar-refractivity contribution in [2.75, 3.05) is 13.6 Å². The van der Waals surface area contributed by atoms with Crippen LogP contribution >= 0.6 is 11.6 Å². The highest BCUT2D eigenvalue weighted by Gasteiger charge is 2.03. The predicted molar refractivity (Wildman–Crippen MR) is 84.4 cm³/mol. The van der Waals surface area contributed by atoms with Gasteiger partial charge in [-0.1, -0.05) is 29.8 Å². The Bertz CT molecular complexity index is 607. The number of hydrogen-bond acceptors (Lipinski definition) is 3. The maximum Gasteiger partial charge on any atom is 0.191 e. The molecule has 0 atom stereocenters. The molecule has 0 aliphatic rings. The highest BCUT2D eigenvalue weighted by atomic mass is 35.5. The normalized spacial score (nSPS) is 11.5. The summed E-state index contributed by atoms with van der Waals surface area (Å²) in [6.07, 6.45) is 2.51. The quantitative estimate of drug-likeness (QED) is 0.647. The molecule has 0 bridgehead atoms. The van der Waals surface area contributed by atoms with Gasteiger partial charge in [-0.3, -0.25) is 4.99 Å². The summed E-state index contributed by atoms with van der Waals surface area (Å²) in [7, 11) is 3.64. The van der Waals surface area contributed by atoms with E-state index in [4.69, 9.17) is 11.6 Å². The van der Waals surface area contributed by atoms with Crippen LogP contribution in [0, 0.1) is 0 Å². The van der Waals surface area contributed by atoms with Crippen molar-refractivity contribution in [2.24, 2.45) is 12.0 Å². The van der Waals surface area contributed by atoms with Crippen molar-refractivity contribution in [1.82, 2.24) is 25.4 Å². The highest BCUT2D eigenvalue weighted by Crippen LogP contribution is 2.14. The third kappa shape index (κ3) is 4.46. The van der Waals surface area contributed by atoms with Gasteiger partial charge in [-0.2, -0.15) is 0 Å².